The summed E-state index contributed by atoms with van der Waals surface area (Å²) >= 11 is 0. The maximum absolute atomic E-state index is 13.0. The lowest BCUT2D eigenvalue weighted by Gasteiger charge is -2.23. The molecule has 0 aliphatic carbocycles. The number of hydrogen-bond acceptors (Lipinski definition) is 3. The Morgan fingerprint density at radius 3 is 2.43 bits per heavy atom. The molecule has 0 aromatic heterocycles. The number of carbonyl (C=O) groups is 1. The summed E-state index contributed by atoms with van der Waals surface area (Å²) < 4.78 is 26.0. The van der Waals surface area contributed by atoms with Gasteiger partial charge in [-0.25, -0.2) is 5.84 Å². The predicted molar refractivity (Wildman–Crippen MR) is 49.6 cm³/mol. The molecule has 0 bridgehead atoms. The Morgan fingerprint density at radius 2 is 2.07 bits per heavy atom. The highest BCUT2D eigenvalue weighted by molar-refractivity contribution is 5.82. The Bertz CT molecular complexity index is 197. The number of rotatable bonds is 5. The second-order valence-electron chi connectivity index (χ2n) is 3.77. The molecule has 0 atom stereocenters. The molecule has 0 rings (SSSR count). The quantitative estimate of drug-likeness (QED) is 0.386. The van der Waals surface area contributed by atoms with E-state index in [1.54, 1.807) is 0 Å². The number of alkyl halides is 2. The third-order valence-corrected chi connectivity index (χ3v) is 1.61. The van der Waals surface area contributed by atoms with Crippen LogP contribution < -0.4 is 11.3 Å². The van der Waals surface area contributed by atoms with Crippen molar-refractivity contribution in [3.05, 3.63) is 0 Å². The molecule has 0 unspecified atom stereocenters. The fourth-order valence-electron chi connectivity index (χ4n) is 1.20. The number of amides is 1. The van der Waals surface area contributed by atoms with E-state index in [4.69, 9.17) is 0 Å². The van der Waals surface area contributed by atoms with E-state index in [9.17, 15) is 13.6 Å². The summed E-state index contributed by atoms with van der Waals surface area (Å²) in [6, 6.07) is 0. The first-order valence-electron chi connectivity index (χ1n) is 4.37. The van der Waals surface area contributed by atoms with Crippen molar-refractivity contribution in [2.24, 2.45) is 11.8 Å². The Morgan fingerprint density at radius 1 is 1.57 bits per heavy atom. The van der Waals surface area contributed by atoms with Crippen molar-refractivity contribution < 1.29 is 13.6 Å². The SMILES string of the molecule is CC(C)CN(C)CC(F)(F)C(=O)NN. The minimum atomic E-state index is -3.43. The van der Waals surface area contributed by atoms with E-state index in [2.05, 4.69) is 5.84 Å². The van der Waals surface area contributed by atoms with Crippen molar-refractivity contribution in [3.63, 3.8) is 0 Å². The third-order valence-electron chi connectivity index (χ3n) is 1.61. The highest BCUT2D eigenvalue weighted by Gasteiger charge is 2.39. The molecule has 0 saturated carbocycles. The van der Waals surface area contributed by atoms with Gasteiger partial charge in [0, 0.05) is 6.54 Å². The molecular formula is C8H17F2N3O. The molecule has 3 N–H and O–H groups in total. The molecule has 0 aromatic carbocycles. The van der Waals surface area contributed by atoms with Crippen LogP contribution in [0, 0.1) is 5.92 Å². The number of hydrogen-bond donors (Lipinski definition) is 2. The van der Waals surface area contributed by atoms with Crippen LogP contribution in [0.15, 0.2) is 0 Å². The summed E-state index contributed by atoms with van der Waals surface area (Å²) in [7, 11) is 1.54. The van der Waals surface area contributed by atoms with Crippen LogP contribution >= 0.6 is 0 Å². The summed E-state index contributed by atoms with van der Waals surface area (Å²) in [5.74, 6) is 0.0289. The number of halogens is 2. The normalized spacial score (nSPS) is 12.3. The molecule has 0 aliphatic heterocycles. The summed E-state index contributed by atoms with van der Waals surface area (Å²) in [4.78, 5) is 12.0. The number of nitrogens with two attached hydrogens (primary N) is 1. The average molecular weight is 209 g/mol. The highest BCUT2D eigenvalue weighted by atomic mass is 19.3. The van der Waals surface area contributed by atoms with Gasteiger partial charge in [0.2, 0.25) is 0 Å². The van der Waals surface area contributed by atoms with E-state index in [-0.39, 0.29) is 5.92 Å². The van der Waals surface area contributed by atoms with E-state index in [1.807, 2.05) is 13.8 Å². The molecule has 84 valence electrons. The number of nitrogens with one attached hydrogen (secondary N) is 1. The van der Waals surface area contributed by atoms with Gasteiger partial charge in [-0.15, -0.1) is 0 Å². The van der Waals surface area contributed by atoms with E-state index < -0.39 is 18.4 Å². The Kier molecular flexibility index (Phi) is 4.93. The Labute approximate surface area is 82.4 Å². The zero-order valence-corrected chi connectivity index (χ0v) is 8.68. The molecule has 0 heterocycles. The standard InChI is InChI=1S/C8H17F2N3O/c1-6(2)4-13(3)5-8(9,10)7(14)12-11/h6H,4-5,11H2,1-3H3,(H,12,14). The number of nitrogens with zero attached hydrogens (tertiary/aromatic N) is 1. The van der Waals surface area contributed by atoms with Crippen LogP contribution in [0.2, 0.25) is 0 Å². The first-order valence-corrected chi connectivity index (χ1v) is 4.37. The molecule has 0 aromatic rings. The van der Waals surface area contributed by atoms with Crippen molar-refractivity contribution in [2.45, 2.75) is 19.8 Å². The molecule has 0 spiro atoms. The van der Waals surface area contributed by atoms with Gasteiger partial charge in [0.1, 0.15) is 0 Å². The van der Waals surface area contributed by atoms with Gasteiger partial charge in [0.15, 0.2) is 0 Å². The minimum absolute atomic E-state index is 0.275. The van der Waals surface area contributed by atoms with Crippen molar-refractivity contribution in [3.8, 4) is 0 Å². The molecule has 0 aliphatic rings. The van der Waals surface area contributed by atoms with Crippen molar-refractivity contribution in [1.82, 2.24) is 10.3 Å². The van der Waals surface area contributed by atoms with E-state index in [0.717, 1.165) is 0 Å². The second-order valence-corrected chi connectivity index (χ2v) is 3.77. The van der Waals surface area contributed by atoms with Crippen LogP contribution in [0.25, 0.3) is 0 Å². The molecule has 0 fully saturated rings. The van der Waals surface area contributed by atoms with Gasteiger partial charge in [-0.2, -0.15) is 8.78 Å². The maximum atomic E-state index is 13.0. The molecule has 1 amide bonds. The molecule has 0 radical (unpaired) electrons. The second kappa shape index (κ2) is 5.21. The van der Waals surface area contributed by atoms with Gasteiger partial charge in [-0.05, 0) is 13.0 Å². The van der Waals surface area contributed by atoms with Crippen LogP contribution in [-0.4, -0.2) is 36.9 Å². The van der Waals surface area contributed by atoms with Gasteiger partial charge in [0.25, 0.3) is 0 Å². The van der Waals surface area contributed by atoms with Gasteiger partial charge in [-0.3, -0.25) is 15.1 Å². The monoisotopic (exact) mass is 209 g/mol. The molecule has 4 nitrogen and oxygen atoms in total. The molecule has 0 saturated heterocycles. The summed E-state index contributed by atoms with van der Waals surface area (Å²) in [6.45, 7) is 3.72. The first-order chi connectivity index (χ1) is 6.29. The first kappa shape index (κ1) is 13.2. The fraction of sp³-hybridized carbons (Fsp3) is 0.875. The third kappa shape index (κ3) is 4.48. The smallest absolute Gasteiger partial charge is 0.300 e. The topological polar surface area (TPSA) is 58.4 Å². The van der Waals surface area contributed by atoms with E-state index >= 15 is 0 Å². The lowest BCUT2D eigenvalue weighted by atomic mass is 10.2. The Hall–Kier alpha value is -0.750. The average Bonchev–Trinajstić information content (AvgIpc) is 1.99. The lowest BCUT2D eigenvalue weighted by Crippen LogP contribution is -2.49. The summed E-state index contributed by atoms with van der Waals surface area (Å²) in [5, 5.41) is 0. The zero-order valence-electron chi connectivity index (χ0n) is 8.68. The van der Waals surface area contributed by atoms with Crippen LogP contribution in [0.4, 0.5) is 8.78 Å². The maximum Gasteiger partial charge on any atom is 0.338 e. The highest BCUT2D eigenvalue weighted by Crippen LogP contribution is 2.15. The largest absolute Gasteiger partial charge is 0.338 e. The lowest BCUT2D eigenvalue weighted by molar-refractivity contribution is -0.148. The van der Waals surface area contributed by atoms with Gasteiger partial charge >= 0.3 is 11.8 Å². The summed E-state index contributed by atoms with van der Waals surface area (Å²) in [6.07, 6.45) is 0. The van der Waals surface area contributed by atoms with Crippen molar-refractivity contribution in [1.29, 1.82) is 0 Å². The Balaban J connectivity index is 4.14. The van der Waals surface area contributed by atoms with E-state index in [0.29, 0.717) is 6.54 Å². The summed E-state index contributed by atoms with van der Waals surface area (Å²) in [5.41, 5.74) is 1.45. The number of carbonyl (C=O) groups excluding carboxylic acids is 1. The van der Waals surface area contributed by atoms with E-state index in [1.165, 1.54) is 17.4 Å². The van der Waals surface area contributed by atoms with Crippen LogP contribution in [0.1, 0.15) is 13.8 Å². The van der Waals surface area contributed by atoms with Gasteiger partial charge < -0.3 is 0 Å². The van der Waals surface area contributed by atoms with Gasteiger partial charge in [-0.1, -0.05) is 13.8 Å². The fourth-order valence-corrected chi connectivity index (χ4v) is 1.20. The minimum Gasteiger partial charge on any atom is -0.300 e. The zero-order chi connectivity index (χ0) is 11.4. The van der Waals surface area contributed by atoms with Gasteiger partial charge in [0.05, 0.1) is 6.54 Å². The van der Waals surface area contributed by atoms with Crippen LogP contribution in [-0.2, 0) is 4.79 Å². The molecule has 6 heteroatoms. The predicted octanol–water partition coefficient (Wildman–Crippen LogP) is 0.199. The van der Waals surface area contributed by atoms with Crippen molar-refractivity contribution >= 4 is 5.91 Å². The molecule has 14 heavy (non-hydrogen) atoms. The van der Waals surface area contributed by atoms with Crippen LogP contribution in [0.3, 0.4) is 0 Å². The number of hydrazine groups is 1. The van der Waals surface area contributed by atoms with Crippen molar-refractivity contribution in [2.75, 3.05) is 20.1 Å². The molecular weight excluding hydrogens is 192 g/mol. The van der Waals surface area contributed by atoms with Crippen LogP contribution in [0.5, 0.6) is 0 Å².